The van der Waals surface area contributed by atoms with Crippen LogP contribution in [0.3, 0.4) is 0 Å². The SMILES string of the molecule is CC[NH+](CC)CCNc1[nH+]c(C)c2c(c1C#N)CCCC2. The van der Waals surface area contributed by atoms with Gasteiger partial charge in [-0.3, -0.25) is 5.32 Å². The van der Waals surface area contributed by atoms with Crippen LogP contribution in [0.5, 0.6) is 0 Å². The highest BCUT2D eigenvalue weighted by Gasteiger charge is 2.23. The van der Waals surface area contributed by atoms with Crippen LogP contribution >= 0.6 is 0 Å². The number of hydrogen-bond acceptors (Lipinski definition) is 2. The van der Waals surface area contributed by atoms with Crippen LogP contribution in [0.15, 0.2) is 0 Å². The lowest BCUT2D eigenvalue weighted by atomic mass is 9.88. The molecule has 1 heterocycles. The Morgan fingerprint density at radius 2 is 1.86 bits per heavy atom. The van der Waals surface area contributed by atoms with E-state index in [1.165, 1.54) is 29.7 Å². The third-order valence-electron chi connectivity index (χ3n) is 4.68. The zero-order valence-electron chi connectivity index (χ0n) is 13.6. The number of aromatic nitrogens is 1. The number of likely N-dealkylation sites (N-methyl/N-ethyl adjacent to an activating group) is 1. The Bertz CT molecular complexity index is 527. The highest BCUT2D eigenvalue weighted by Crippen LogP contribution is 2.27. The number of aryl methyl sites for hydroxylation is 1. The van der Waals surface area contributed by atoms with Crippen LogP contribution in [0.2, 0.25) is 0 Å². The van der Waals surface area contributed by atoms with Crippen LogP contribution < -0.4 is 15.2 Å². The normalized spacial score (nSPS) is 13.9. The molecule has 1 aromatic heterocycles. The van der Waals surface area contributed by atoms with Crippen LogP contribution in [0, 0.1) is 18.3 Å². The van der Waals surface area contributed by atoms with Gasteiger partial charge in [-0.2, -0.15) is 5.26 Å². The first-order chi connectivity index (χ1) is 10.2. The van der Waals surface area contributed by atoms with Crippen molar-refractivity contribution in [1.82, 2.24) is 0 Å². The van der Waals surface area contributed by atoms with Crippen molar-refractivity contribution in [1.29, 1.82) is 5.26 Å². The molecule has 1 aliphatic rings. The second-order valence-electron chi connectivity index (χ2n) is 5.91. The van der Waals surface area contributed by atoms with Crippen LogP contribution in [-0.2, 0) is 12.8 Å². The van der Waals surface area contributed by atoms with E-state index in [4.69, 9.17) is 0 Å². The number of aromatic amines is 1. The Labute approximate surface area is 128 Å². The minimum Gasteiger partial charge on any atom is -0.332 e. The molecule has 0 atom stereocenters. The van der Waals surface area contributed by atoms with Crippen molar-refractivity contribution < 1.29 is 9.88 Å². The monoisotopic (exact) mass is 288 g/mol. The lowest BCUT2D eigenvalue weighted by Gasteiger charge is -2.19. The van der Waals surface area contributed by atoms with Crippen molar-refractivity contribution in [2.24, 2.45) is 0 Å². The third kappa shape index (κ3) is 3.54. The number of nitrogens with zero attached hydrogens (tertiary/aromatic N) is 1. The average Bonchev–Trinajstić information content (AvgIpc) is 2.52. The van der Waals surface area contributed by atoms with E-state index in [-0.39, 0.29) is 0 Å². The summed E-state index contributed by atoms with van der Waals surface area (Å²) >= 11 is 0. The Balaban J connectivity index is 2.16. The Hall–Kier alpha value is -1.60. The smallest absolute Gasteiger partial charge is 0.291 e. The second kappa shape index (κ2) is 7.42. The fourth-order valence-corrected chi connectivity index (χ4v) is 3.30. The topological polar surface area (TPSA) is 54.4 Å². The molecule has 0 saturated carbocycles. The van der Waals surface area contributed by atoms with E-state index in [0.717, 1.165) is 50.4 Å². The van der Waals surface area contributed by atoms with Gasteiger partial charge >= 0.3 is 0 Å². The molecule has 1 aliphatic carbocycles. The first-order valence-corrected chi connectivity index (χ1v) is 8.26. The van der Waals surface area contributed by atoms with E-state index in [2.05, 4.69) is 37.1 Å². The van der Waals surface area contributed by atoms with Gasteiger partial charge in [-0.05, 0) is 57.6 Å². The number of rotatable bonds is 6. The summed E-state index contributed by atoms with van der Waals surface area (Å²) in [5.41, 5.74) is 4.71. The van der Waals surface area contributed by atoms with Crippen molar-refractivity contribution >= 4 is 5.82 Å². The minimum absolute atomic E-state index is 0.838. The van der Waals surface area contributed by atoms with E-state index in [9.17, 15) is 5.26 Å². The molecule has 1 aromatic rings. The average molecular weight is 288 g/mol. The summed E-state index contributed by atoms with van der Waals surface area (Å²) in [6, 6.07) is 2.42. The molecule has 0 bridgehead atoms. The molecule has 0 fully saturated rings. The fraction of sp³-hybridized carbons (Fsp3) is 0.647. The zero-order chi connectivity index (χ0) is 15.2. The lowest BCUT2D eigenvalue weighted by Crippen LogP contribution is -3.12. The zero-order valence-corrected chi connectivity index (χ0v) is 13.6. The van der Waals surface area contributed by atoms with E-state index < -0.39 is 0 Å². The standard InChI is InChI=1S/C17H26N4/c1-4-21(5-2)11-10-19-17-16(12-18)15-9-7-6-8-14(15)13(3)20-17/h4-11H2,1-3H3,(H,19,20)/p+2. The summed E-state index contributed by atoms with van der Waals surface area (Å²) in [7, 11) is 0. The first kappa shape index (κ1) is 15.8. The summed E-state index contributed by atoms with van der Waals surface area (Å²) in [4.78, 5) is 5.00. The van der Waals surface area contributed by atoms with Gasteiger partial charge in [0, 0.05) is 0 Å². The summed E-state index contributed by atoms with van der Waals surface area (Å²) in [5, 5.41) is 13.0. The van der Waals surface area contributed by atoms with Crippen molar-refractivity contribution in [2.75, 3.05) is 31.5 Å². The summed E-state index contributed by atoms with van der Waals surface area (Å²) in [6.45, 7) is 10.9. The molecule has 0 radical (unpaired) electrons. The molecule has 4 heteroatoms. The largest absolute Gasteiger partial charge is 0.332 e. The van der Waals surface area contributed by atoms with Crippen LogP contribution in [0.4, 0.5) is 5.82 Å². The summed E-state index contributed by atoms with van der Waals surface area (Å²) in [6.07, 6.45) is 4.60. The van der Waals surface area contributed by atoms with Gasteiger partial charge in [-0.1, -0.05) is 0 Å². The number of pyridine rings is 1. The van der Waals surface area contributed by atoms with Crippen molar-refractivity contribution in [3.05, 3.63) is 22.4 Å². The second-order valence-corrected chi connectivity index (χ2v) is 5.91. The summed E-state index contributed by atoms with van der Waals surface area (Å²) < 4.78 is 0. The Morgan fingerprint density at radius 3 is 2.48 bits per heavy atom. The van der Waals surface area contributed by atoms with Gasteiger partial charge < -0.3 is 4.90 Å². The van der Waals surface area contributed by atoms with Crippen molar-refractivity contribution in [3.63, 3.8) is 0 Å². The highest BCUT2D eigenvalue weighted by molar-refractivity contribution is 5.56. The molecule has 0 amide bonds. The molecule has 0 saturated heterocycles. The number of nitrogens with one attached hydrogen (secondary N) is 3. The molecule has 0 unspecified atom stereocenters. The van der Waals surface area contributed by atoms with E-state index in [1.807, 2.05) is 0 Å². The fourth-order valence-electron chi connectivity index (χ4n) is 3.30. The molecule has 0 aliphatic heterocycles. The number of quaternary nitrogens is 1. The van der Waals surface area contributed by atoms with Crippen LogP contribution in [0.1, 0.15) is 49.1 Å². The van der Waals surface area contributed by atoms with Gasteiger partial charge in [0.05, 0.1) is 13.1 Å². The van der Waals surface area contributed by atoms with Gasteiger partial charge in [-0.15, -0.1) is 0 Å². The van der Waals surface area contributed by atoms with Crippen LogP contribution in [-0.4, -0.2) is 26.2 Å². The van der Waals surface area contributed by atoms with Gasteiger partial charge in [-0.25, -0.2) is 4.98 Å². The van der Waals surface area contributed by atoms with E-state index in [0.29, 0.717) is 0 Å². The van der Waals surface area contributed by atoms with Crippen molar-refractivity contribution in [2.45, 2.75) is 46.5 Å². The van der Waals surface area contributed by atoms with Crippen LogP contribution in [0.25, 0.3) is 0 Å². The molecular formula is C17H28N4+2. The molecule has 0 aromatic carbocycles. The maximum absolute atomic E-state index is 9.55. The Morgan fingerprint density at radius 1 is 1.19 bits per heavy atom. The summed E-state index contributed by atoms with van der Waals surface area (Å²) in [5.74, 6) is 0.919. The molecule has 4 nitrogen and oxygen atoms in total. The molecule has 2 rings (SSSR count). The van der Waals surface area contributed by atoms with Gasteiger partial charge in [0.25, 0.3) is 5.82 Å². The maximum atomic E-state index is 9.55. The van der Waals surface area contributed by atoms with Gasteiger partial charge in [0.15, 0.2) is 0 Å². The molecule has 3 N–H and O–H groups in total. The number of H-pyrrole nitrogens is 1. The molecule has 114 valence electrons. The quantitative estimate of drug-likeness (QED) is 0.817. The molecule has 0 spiro atoms. The number of hydrogen-bond donors (Lipinski definition) is 2. The number of nitriles is 1. The van der Waals surface area contributed by atoms with Crippen molar-refractivity contribution in [3.8, 4) is 6.07 Å². The number of anilines is 1. The van der Waals surface area contributed by atoms with E-state index in [1.54, 1.807) is 4.90 Å². The predicted octanol–water partition coefficient (Wildman–Crippen LogP) is 0.896. The molecule has 21 heavy (non-hydrogen) atoms. The lowest BCUT2D eigenvalue weighted by molar-refractivity contribution is -0.894. The minimum atomic E-state index is 0.838. The Kier molecular flexibility index (Phi) is 5.58. The molecular weight excluding hydrogens is 260 g/mol. The maximum Gasteiger partial charge on any atom is 0.291 e. The van der Waals surface area contributed by atoms with Gasteiger partial charge in [0.1, 0.15) is 30.4 Å². The highest BCUT2D eigenvalue weighted by atomic mass is 15.1. The first-order valence-electron chi connectivity index (χ1n) is 8.26. The number of fused-ring (bicyclic) bond motifs is 1. The predicted molar refractivity (Wildman–Crippen MR) is 84.5 cm³/mol. The van der Waals surface area contributed by atoms with E-state index >= 15 is 0 Å². The van der Waals surface area contributed by atoms with Gasteiger partial charge in [0.2, 0.25) is 0 Å². The third-order valence-corrected chi connectivity index (χ3v) is 4.68.